The molecule has 0 saturated carbocycles. The molecule has 0 bridgehead atoms. The Balaban J connectivity index is 3.03. The third-order valence-electron chi connectivity index (χ3n) is 1.23. The fraction of sp³-hybridized carbons (Fsp3) is 0.286. The number of hydrogen-bond acceptors (Lipinski definition) is 2. The van der Waals surface area contributed by atoms with Crippen LogP contribution < -0.4 is 4.90 Å². The second kappa shape index (κ2) is 2.88. The first-order valence-electron chi connectivity index (χ1n) is 2.98. The van der Waals surface area contributed by atoms with Crippen molar-refractivity contribution in [1.29, 1.82) is 0 Å². The monoisotopic (exact) mass is 156 g/mol. The maximum Gasteiger partial charge on any atom is 0.0736 e. The van der Waals surface area contributed by atoms with E-state index in [9.17, 15) is 0 Å². The van der Waals surface area contributed by atoms with E-state index in [1.807, 2.05) is 19.0 Å². The summed E-state index contributed by atoms with van der Waals surface area (Å²) in [6, 6.07) is 1.77. The van der Waals surface area contributed by atoms with E-state index in [2.05, 4.69) is 4.98 Å². The highest BCUT2D eigenvalue weighted by atomic mass is 35.5. The Kier molecular flexibility index (Phi) is 2.12. The molecule has 0 N–H and O–H groups in total. The number of pyridine rings is 1. The summed E-state index contributed by atoms with van der Waals surface area (Å²) in [5.41, 5.74) is 0.948. The molecule has 54 valence electrons. The lowest BCUT2D eigenvalue weighted by molar-refractivity contribution is 1.11. The van der Waals surface area contributed by atoms with E-state index in [-0.39, 0.29) is 0 Å². The number of anilines is 1. The van der Waals surface area contributed by atoms with E-state index in [4.69, 9.17) is 11.6 Å². The van der Waals surface area contributed by atoms with Crippen LogP contribution in [0.25, 0.3) is 0 Å². The predicted molar refractivity (Wildman–Crippen MR) is 43.6 cm³/mol. The molecule has 0 saturated heterocycles. The summed E-state index contributed by atoms with van der Waals surface area (Å²) in [6.45, 7) is 0. The lowest BCUT2D eigenvalue weighted by Gasteiger charge is -2.12. The maximum atomic E-state index is 5.84. The minimum atomic E-state index is 0.736. The fourth-order valence-corrected chi connectivity index (χ4v) is 0.972. The smallest absolute Gasteiger partial charge is 0.0736 e. The molecule has 0 spiro atoms. The van der Waals surface area contributed by atoms with Crippen molar-refractivity contribution in [3.05, 3.63) is 23.5 Å². The van der Waals surface area contributed by atoms with Crippen molar-refractivity contribution in [2.75, 3.05) is 19.0 Å². The highest BCUT2D eigenvalue weighted by molar-refractivity contribution is 6.33. The molecule has 2 nitrogen and oxygen atoms in total. The van der Waals surface area contributed by atoms with Crippen LogP contribution >= 0.6 is 11.6 Å². The van der Waals surface area contributed by atoms with Gasteiger partial charge >= 0.3 is 0 Å². The summed E-state index contributed by atoms with van der Waals surface area (Å²) < 4.78 is 0. The van der Waals surface area contributed by atoms with Gasteiger partial charge in [0.15, 0.2) is 0 Å². The largest absolute Gasteiger partial charge is 0.375 e. The van der Waals surface area contributed by atoms with E-state index < -0.39 is 0 Å². The second-order valence-electron chi connectivity index (χ2n) is 2.22. The van der Waals surface area contributed by atoms with Gasteiger partial charge in [0.05, 0.1) is 16.9 Å². The molecule has 0 radical (unpaired) electrons. The van der Waals surface area contributed by atoms with E-state index in [0.29, 0.717) is 0 Å². The molecule has 1 heterocycles. The Morgan fingerprint density at radius 3 is 2.60 bits per heavy atom. The third-order valence-corrected chi connectivity index (χ3v) is 1.55. The van der Waals surface area contributed by atoms with Crippen LogP contribution in [0.3, 0.4) is 0 Å². The minimum absolute atomic E-state index is 0.736. The normalized spacial score (nSPS) is 9.50. The molecule has 1 rings (SSSR count). The van der Waals surface area contributed by atoms with Gasteiger partial charge in [-0.2, -0.15) is 0 Å². The SMILES string of the molecule is CN(C)c1cnccc1Cl. The summed E-state index contributed by atoms with van der Waals surface area (Å²) in [5, 5.41) is 0.736. The standard InChI is InChI=1S/C7H9ClN2/c1-10(2)7-5-9-4-3-6(7)8/h3-5H,1-2H3. The van der Waals surface area contributed by atoms with E-state index >= 15 is 0 Å². The molecule has 0 unspecified atom stereocenters. The zero-order valence-corrected chi connectivity index (χ0v) is 6.76. The number of rotatable bonds is 1. The van der Waals surface area contributed by atoms with E-state index in [1.54, 1.807) is 18.5 Å². The molecule has 0 aromatic carbocycles. The van der Waals surface area contributed by atoms with Gasteiger partial charge in [0.2, 0.25) is 0 Å². The average molecular weight is 157 g/mol. The lowest BCUT2D eigenvalue weighted by Crippen LogP contribution is -2.09. The first kappa shape index (κ1) is 7.35. The first-order valence-corrected chi connectivity index (χ1v) is 3.36. The Labute approximate surface area is 65.4 Å². The van der Waals surface area contributed by atoms with Crippen molar-refractivity contribution in [2.24, 2.45) is 0 Å². The van der Waals surface area contributed by atoms with Gasteiger partial charge in [-0.1, -0.05) is 11.6 Å². The van der Waals surface area contributed by atoms with E-state index in [1.165, 1.54) is 0 Å². The number of aromatic nitrogens is 1. The van der Waals surface area contributed by atoms with Crippen LogP contribution in [0.1, 0.15) is 0 Å². The molecule has 1 aromatic heterocycles. The van der Waals surface area contributed by atoms with Gasteiger partial charge in [-0.15, -0.1) is 0 Å². The highest BCUT2D eigenvalue weighted by Gasteiger charge is 1.98. The molecule has 0 fully saturated rings. The molecule has 0 aliphatic heterocycles. The Hall–Kier alpha value is -0.760. The Bertz CT molecular complexity index is 223. The van der Waals surface area contributed by atoms with Gasteiger partial charge < -0.3 is 4.90 Å². The molecular weight excluding hydrogens is 148 g/mol. The van der Waals surface area contributed by atoms with Crippen LogP contribution in [-0.2, 0) is 0 Å². The lowest BCUT2D eigenvalue weighted by atomic mass is 10.4. The Morgan fingerprint density at radius 1 is 1.50 bits per heavy atom. The van der Waals surface area contributed by atoms with Gasteiger partial charge in [0.25, 0.3) is 0 Å². The van der Waals surface area contributed by atoms with Crippen molar-refractivity contribution < 1.29 is 0 Å². The molecular formula is C7H9ClN2. The summed E-state index contributed by atoms with van der Waals surface area (Å²) in [7, 11) is 3.87. The topological polar surface area (TPSA) is 16.1 Å². The highest BCUT2D eigenvalue weighted by Crippen LogP contribution is 2.20. The predicted octanol–water partition coefficient (Wildman–Crippen LogP) is 1.80. The Morgan fingerprint density at radius 2 is 2.20 bits per heavy atom. The van der Waals surface area contributed by atoms with Gasteiger partial charge in [-0.05, 0) is 6.07 Å². The summed E-state index contributed by atoms with van der Waals surface area (Å²) in [4.78, 5) is 5.87. The summed E-state index contributed by atoms with van der Waals surface area (Å²) in [5.74, 6) is 0. The van der Waals surface area contributed by atoms with Gasteiger partial charge in [0, 0.05) is 20.3 Å². The number of halogens is 1. The van der Waals surface area contributed by atoms with Gasteiger partial charge in [-0.25, -0.2) is 0 Å². The number of hydrogen-bond donors (Lipinski definition) is 0. The molecule has 1 aromatic rings. The average Bonchev–Trinajstić information content (AvgIpc) is 1.88. The van der Waals surface area contributed by atoms with Crippen LogP contribution in [-0.4, -0.2) is 19.1 Å². The molecule has 0 amide bonds. The zero-order valence-electron chi connectivity index (χ0n) is 6.00. The van der Waals surface area contributed by atoms with Crippen LogP contribution in [0.4, 0.5) is 5.69 Å². The van der Waals surface area contributed by atoms with Crippen molar-refractivity contribution >= 4 is 17.3 Å². The zero-order chi connectivity index (χ0) is 7.56. The molecule has 0 aliphatic carbocycles. The van der Waals surface area contributed by atoms with E-state index in [0.717, 1.165) is 10.7 Å². The van der Waals surface area contributed by atoms with Crippen LogP contribution in [0.2, 0.25) is 5.02 Å². The van der Waals surface area contributed by atoms with Gasteiger partial charge in [0.1, 0.15) is 0 Å². The number of nitrogens with zero attached hydrogens (tertiary/aromatic N) is 2. The van der Waals surface area contributed by atoms with Gasteiger partial charge in [-0.3, -0.25) is 4.98 Å². The second-order valence-corrected chi connectivity index (χ2v) is 2.63. The quantitative estimate of drug-likeness (QED) is 0.617. The third kappa shape index (κ3) is 1.39. The molecule has 3 heteroatoms. The van der Waals surface area contributed by atoms with Crippen molar-refractivity contribution in [3.63, 3.8) is 0 Å². The van der Waals surface area contributed by atoms with Crippen LogP contribution in [0.15, 0.2) is 18.5 Å². The molecule has 10 heavy (non-hydrogen) atoms. The van der Waals surface area contributed by atoms with Crippen molar-refractivity contribution in [1.82, 2.24) is 4.98 Å². The van der Waals surface area contributed by atoms with Crippen LogP contribution in [0, 0.1) is 0 Å². The summed E-state index contributed by atoms with van der Waals surface area (Å²) in [6.07, 6.45) is 3.41. The minimum Gasteiger partial charge on any atom is -0.375 e. The maximum absolute atomic E-state index is 5.84. The van der Waals surface area contributed by atoms with Crippen LogP contribution in [0.5, 0.6) is 0 Å². The summed E-state index contributed by atoms with van der Waals surface area (Å²) >= 11 is 5.84. The fourth-order valence-electron chi connectivity index (χ4n) is 0.698. The molecule has 0 atom stereocenters. The van der Waals surface area contributed by atoms with Crippen molar-refractivity contribution in [3.8, 4) is 0 Å². The molecule has 0 aliphatic rings. The van der Waals surface area contributed by atoms with Crippen molar-refractivity contribution in [2.45, 2.75) is 0 Å². The first-order chi connectivity index (χ1) is 4.72.